The zero-order valence-electron chi connectivity index (χ0n) is 15.5. The maximum absolute atomic E-state index is 13.0. The Hall–Kier alpha value is -2.45. The van der Waals surface area contributed by atoms with Gasteiger partial charge in [-0.15, -0.1) is 0 Å². The molecule has 8 heteroatoms. The van der Waals surface area contributed by atoms with Crippen molar-refractivity contribution >= 4 is 21.6 Å². The number of carbonyl (C=O) groups excluding carboxylic acids is 1. The lowest BCUT2D eigenvalue weighted by Gasteiger charge is -2.27. The number of anilines is 1. The van der Waals surface area contributed by atoms with E-state index in [1.807, 2.05) is 6.92 Å². The number of benzene rings is 2. The highest BCUT2D eigenvalue weighted by Crippen LogP contribution is 2.20. The second kappa shape index (κ2) is 8.70. The third kappa shape index (κ3) is 5.30. The Morgan fingerprint density at radius 2 is 1.96 bits per heavy atom. The van der Waals surface area contributed by atoms with E-state index in [0.29, 0.717) is 19.1 Å². The number of hydrogen-bond donors (Lipinski definition) is 2. The molecule has 0 spiro atoms. The summed E-state index contributed by atoms with van der Waals surface area (Å²) in [5.74, 6) is -0.432. The highest BCUT2D eigenvalue weighted by molar-refractivity contribution is 7.92. The molecule has 150 valence electrons. The molecule has 0 aromatic heterocycles. The van der Waals surface area contributed by atoms with Crippen LogP contribution in [-0.2, 0) is 14.8 Å². The van der Waals surface area contributed by atoms with E-state index in [1.54, 1.807) is 6.07 Å². The van der Waals surface area contributed by atoms with Crippen LogP contribution in [0.25, 0.3) is 0 Å². The average Bonchev–Trinajstić information content (AvgIpc) is 2.68. The first kappa shape index (κ1) is 20.3. The van der Waals surface area contributed by atoms with Crippen LogP contribution in [0.3, 0.4) is 0 Å². The lowest BCUT2D eigenvalue weighted by Crippen LogP contribution is -2.34. The van der Waals surface area contributed by atoms with Crippen molar-refractivity contribution in [3.63, 3.8) is 0 Å². The van der Waals surface area contributed by atoms with Gasteiger partial charge in [0.25, 0.3) is 15.9 Å². The molecule has 1 fully saturated rings. The van der Waals surface area contributed by atoms with Crippen LogP contribution >= 0.6 is 0 Å². The van der Waals surface area contributed by atoms with Gasteiger partial charge in [-0.1, -0.05) is 6.07 Å². The Balaban J connectivity index is 1.66. The largest absolute Gasteiger partial charge is 0.378 e. The second-order valence-electron chi connectivity index (χ2n) is 6.92. The van der Waals surface area contributed by atoms with Crippen molar-refractivity contribution < 1.29 is 22.3 Å². The van der Waals surface area contributed by atoms with Crippen LogP contribution in [0.4, 0.5) is 10.1 Å². The van der Waals surface area contributed by atoms with E-state index < -0.39 is 15.8 Å². The van der Waals surface area contributed by atoms with Crippen LogP contribution in [0.5, 0.6) is 0 Å². The molecule has 2 N–H and O–H groups in total. The van der Waals surface area contributed by atoms with Gasteiger partial charge in [-0.05, 0) is 68.1 Å². The fourth-order valence-corrected chi connectivity index (χ4v) is 4.26. The van der Waals surface area contributed by atoms with Crippen molar-refractivity contribution in [2.24, 2.45) is 5.92 Å². The summed E-state index contributed by atoms with van der Waals surface area (Å²) in [7, 11) is -3.89. The van der Waals surface area contributed by atoms with Crippen molar-refractivity contribution in [1.82, 2.24) is 5.32 Å². The minimum absolute atomic E-state index is 0.0378. The topological polar surface area (TPSA) is 84.5 Å². The fraction of sp³-hybridized carbons (Fsp3) is 0.350. The summed E-state index contributed by atoms with van der Waals surface area (Å²) in [4.78, 5) is 12.4. The average molecular weight is 406 g/mol. The lowest BCUT2D eigenvalue weighted by molar-refractivity contribution is 0.00302. The summed E-state index contributed by atoms with van der Waals surface area (Å²) in [5, 5.41) is 2.87. The molecule has 0 saturated carbocycles. The summed E-state index contributed by atoms with van der Waals surface area (Å²) in [6.07, 6.45) is 1.96. The van der Waals surface area contributed by atoms with Gasteiger partial charge in [0.05, 0.1) is 11.0 Å². The maximum Gasteiger partial charge on any atom is 0.261 e. The summed E-state index contributed by atoms with van der Waals surface area (Å²) in [6.45, 7) is 3.22. The molecule has 0 radical (unpaired) electrons. The van der Waals surface area contributed by atoms with Gasteiger partial charge >= 0.3 is 0 Å². The summed E-state index contributed by atoms with van der Waals surface area (Å²) in [6, 6.07) is 10.8. The van der Waals surface area contributed by atoms with Gasteiger partial charge in [0, 0.05) is 24.4 Å². The summed E-state index contributed by atoms with van der Waals surface area (Å²) >= 11 is 0. The molecule has 6 nitrogen and oxygen atoms in total. The molecule has 2 aromatic carbocycles. The lowest BCUT2D eigenvalue weighted by atomic mass is 9.96. The molecule has 0 bridgehead atoms. The molecule has 3 rings (SSSR count). The quantitative estimate of drug-likeness (QED) is 0.772. The monoisotopic (exact) mass is 406 g/mol. The van der Waals surface area contributed by atoms with Gasteiger partial charge in [0.2, 0.25) is 0 Å². The van der Waals surface area contributed by atoms with Crippen LogP contribution in [0.15, 0.2) is 53.4 Å². The minimum Gasteiger partial charge on any atom is -0.378 e. The number of hydrogen-bond acceptors (Lipinski definition) is 4. The zero-order chi connectivity index (χ0) is 20.1. The smallest absolute Gasteiger partial charge is 0.261 e. The molecule has 2 atom stereocenters. The summed E-state index contributed by atoms with van der Waals surface area (Å²) < 4.78 is 46.0. The molecule has 1 amide bonds. The predicted octanol–water partition coefficient (Wildman–Crippen LogP) is 3.17. The SMILES string of the molecule is C[C@H]1C[C@H](CNC(=O)c2cccc(S(=O)(=O)Nc3ccc(F)cc3)c2)CCO1. The highest BCUT2D eigenvalue weighted by Gasteiger charge is 2.21. The van der Waals surface area contributed by atoms with Crippen molar-refractivity contribution in [2.75, 3.05) is 17.9 Å². The van der Waals surface area contributed by atoms with Crippen molar-refractivity contribution in [1.29, 1.82) is 0 Å². The molecular formula is C20H23FN2O4S. The molecule has 1 aliphatic rings. The second-order valence-corrected chi connectivity index (χ2v) is 8.60. The minimum atomic E-state index is -3.89. The molecule has 1 aliphatic heterocycles. The Morgan fingerprint density at radius 3 is 2.68 bits per heavy atom. The Bertz CT molecular complexity index is 931. The van der Waals surface area contributed by atoms with Gasteiger partial charge in [-0.3, -0.25) is 9.52 Å². The number of sulfonamides is 1. The van der Waals surface area contributed by atoms with Gasteiger partial charge in [0.1, 0.15) is 5.82 Å². The van der Waals surface area contributed by atoms with Crippen molar-refractivity contribution in [3.05, 3.63) is 59.9 Å². The molecule has 0 aliphatic carbocycles. The maximum atomic E-state index is 13.0. The number of nitrogens with one attached hydrogen (secondary N) is 2. The Kier molecular flexibility index (Phi) is 6.31. The standard InChI is InChI=1S/C20H23FN2O4S/c1-14-11-15(9-10-27-14)13-22-20(24)16-3-2-4-19(12-16)28(25,26)23-18-7-5-17(21)6-8-18/h2-8,12,14-15,23H,9-11,13H2,1H3,(H,22,24)/t14-,15+/m0/s1. The first-order chi connectivity index (χ1) is 13.3. The van der Waals surface area contributed by atoms with E-state index in [2.05, 4.69) is 10.0 Å². The van der Waals surface area contributed by atoms with E-state index in [4.69, 9.17) is 4.74 Å². The van der Waals surface area contributed by atoms with Gasteiger partial charge in [-0.2, -0.15) is 0 Å². The van der Waals surface area contributed by atoms with E-state index in [9.17, 15) is 17.6 Å². The predicted molar refractivity (Wildman–Crippen MR) is 104 cm³/mol. The van der Waals surface area contributed by atoms with Crippen LogP contribution in [0.1, 0.15) is 30.1 Å². The first-order valence-corrected chi connectivity index (χ1v) is 10.6. The first-order valence-electron chi connectivity index (χ1n) is 9.12. The number of amides is 1. The third-order valence-corrected chi connectivity index (χ3v) is 6.03. The molecule has 2 aromatic rings. The number of carbonyl (C=O) groups is 1. The van der Waals surface area contributed by atoms with E-state index in [1.165, 1.54) is 42.5 Å². The van der Waals surface area contributed by atoms with Gasteiger partial charge in [0.15, 0.2) is 0 Å². The normalized spacial score (nSPS) is 19.8. The Morgan fingerprint density at radius 1 is 1.21 bits per heavy atom. The molecular weight excluding hydrogens is 383 g/mol. The van der Waals surface area contributed by atoms with Crippen LogP contribution < -0.4 is 10.0 Å². The van der Waals surface area contributed by atoms with E-state index >= 15 is 0 Å². The molecule has 0 unspecified atom stereocenters. The van der Waals surface area contributed by atoms with E-state index in [-0.39, 0.29) is 28.2 Å². The Labute approximate surface area is 164 Å². The number of rotatable bonds is 6. The van der Waals surface area contributed by atoms with Crippen LogP contribution in [-0.4, -0.2) is 33.6 Å². The fourth-order valence-electron chi connectivity index (χ4n) is 3.15. The zero-order valence-corrected chi connectivity index (χ0v) is 16.3. The summed E-state index contributed by atoms with van der Waals surface area (Å²) in [5.41, 5.74) is 0.506. The van der Waals surface area contributed by atoms with Crippen molar-refractivity contribution in [3.8, 4) is 0 Å². The number of halogens is 1. The van der Waals surface area contributed by atoms with Crippen LogP contribution in [0.2, 0.25) is 0 Å². The van der Waals surface area contributed by atoms with Gasteiger partial charge in [-0.25, -0.2) is 12.8 Å². The van der Waals surface area contributed by atoms with Gasteiger partial charge < -0.3 is 10.1 Å². The third-order valence-electron chi connectivity index (χ3n) is 4.65. The molecule has 28 heavy (non-hydrogen) atoms. The highest BCUT2D eigenvalue weighted by atomic mass is 32.2. The number of ether oxygens (including phenoxy) is 1. The van der Waals surface area contributed by atoms with E-state index in [0.717, 1.165) is 12.8 Å². The molecule has 1 saturated heterocycles. The molecule has 1 heterocycles. The van der Waals surface area contributed by atoms with Crippen molar-refractivity contribution in [2.45, 2.75) is 30.8 Å². The van der Waals surface area contributed by atoms with Crippen LogP contribution in [0, 0.1) is 11.7 Å².